The van der Waals surface area contributed by atoms with E-state index in [1.54, 1.807) is 0 Å². The van der Waals surface area contributed by atoms with E-state index in [1.807, 2.05) is 18.2 Å². The quantitative estimate of drug-likeness (QED) is 0.927. The molecule has 2 aromatic rings. The maximum absolute atomic E-state index is 6.11. The lowest BCUT2D eigenvalue weighted by atomic mass is 9.75. The zero-order valence-electron chi connectivity index (χ0n) is 11.2. The van der Waals surface area contributed by atoms with Crippen molar-refractivity contribution in [2.24, 2.45) is 0 Å². The van der Waals surface area contributed by atoms with Crippen molar-refractivity contribution in [3.63, 3.8) is 0 Å². The minimum absolute atomic E-state index is 0.123. The van der Waals surface area contributed by atoms with E-state index in [0.717, 1.165) is 53.8 Å². The van der Waals surface area contributed by atoms with E-state index in [0.29, 0.717) is 0 Å². The Morgan fingerprint density at radius 1 is 1.37 bits per heavy atom. The molecule has 0 saturated carbocycles. The number of halogens is 1. The lowest BCUT2D eigenvalue weighted by Gasteiger charge is -2.34. The van der Waals surface area contributed by atoms with Crippen LogP contribution in [0.3, 0.4) is 0 Å². The minimum Gasteiger partial charge on any atom is -0.439 e. The number of hydrogen-bond donors (Lipinski definition) is 1. The molecule has 3 rings (SSSR count). The van der Waals surface area contributed by atoms with Crippen molar-refractivity contribution < 1.29 is 4.42 Å². The third-order valence-electron chi connectivity index (χ3n) is 4.11. The van der Waals surface area contributed by atoms with Gasteiger partial charge in [0.15, 0.2) is 5.58 Å². The summed E-state index contributed by atoms with van der Waals surface area (Å²) in [5.41, 5.74) is 1.96. The van der Waals surface area contributed by atoms with Crippen molar-refractivity contribution in [1.29, 1.82) is 0 Å². The zero-order valence-corrected chi connectivity index (χ0v) is 12.8. The molecule has 4 heteroatoms. The molecule has 3 nitrogen and oxygen atoms in total. The lowest BCUT2D eigenvalue weighted by Crippen LogP contribution is -2.40. The second-order valence-electron chi connectivity index (χ2n) is 5.39. The summed E-state index contributed by atoms with van der Waals surface area (Å²) in [5.74, 6) is 0.928. The van der Waals surface area contributed by atoms with E-state index in [-0.39, 0.29) is 5.41 Å². The van der Waals surface area contributed by atoms with Crippen molar-refractivity contribution in [2.45, 2.75) is 38.0 Å². The Kier molecular flexibility index (Phi) is 3.63. The van der Waals surface area contributed by atoms with Gasteiger partial charge in [-0.3, -0.25) is 0 Å². The van der Waals surface area contributed by atoms with Gasteiger partial charge >= 0.3 is 0 Å². The molecule has 2 heterocycles. The standard InChI is InChI=1S/C15H19BrN2O/c1-2-6-15(7-9-17-10-8-15)14-18-12-5-3-4-11(16)13(12)19-14/h3-5,17H,2,6-10H2,1H3. The summed E-state index contributed by atoms with van der Waals surface area (Å²) in [4.78, 5) is 4.76. The summed E-state index contributed by atoms with van der Waals surface area (Å²) in [5, 5.41) is 3.43. The smallest absolute Gasteiger partial charge is 0.201 e. The third-order valence-corrected chi connectivity index (χ3v) is 4.73. The summed E-state index contributed by atoms with van der Waals surface area (Å²) in [6.07, 6.45) is 4.55. The van der Waals surface area contributed by atoms with Gasteiger partial charge in [0.1, 0.15) is 5.52 Å². The fourth-order valence-electron chi connectivity index (χ4n) is 3.10. The Morgan fingerprint density at radius 3 is 2.84 bits per heavy atom. The van der Waals surface area contributed by atoms with E-state index in [2.05, 4.69) is 28.2 Å². The number of para-hydroxylation sites is 1. The topological polar surface area (TPSA) is 38.1 Å². The van der Waals surface area contributed by atoms with E-state index >= 15 is 0 Å². The molecule has 0 unspecified atom stereocenters. The molecule has 0 spiro atoms. The van der Waals surface area contributed by atoms with Gasteiger partial charge < -0.3 is 9.73 Å². The minimum atomic E-state index is 0.123. The molecule has 1 aliphatic rings. The largest absolute Gasteiger partial charge is 0.439 e. The summed E-state index contributed by atoms with van der Waals surface area (Å²) in [6.45, 7) is 4.35. The SMILES string of the molecule is CCCC1(c2nc3cccc(Br)c3o2)CCNCC1. The molecule has 1 N–H and O–H groups in total. The van der Waals surface area contributed by atoms with Gasteiger partial charge in [-0.1, -0.05) is 19.4 Å². The van der Waals surface area contributed by atoms with Crippen LogP contribution in [0.25, 0.3) is 11.1 Å². The number of rotatable bonds is 3. The van der Waals surface area contributed by atoms with Gasteiger partial charge in [-0.05, 0) is 60.4 Å². The first-order valence-corrected chi connectivity index (χ1v) is 7.81. The Labute approximate surface area is 121 Å². The molecule has 1 saturated heterocycles. The van der Waals surface area contributed by atoms with E-state index in [1.165, 1.54) is 6.42 Å². The molecular weight excluding hydrogens is 304 g/mol. The van der Waals surface area contributed by atoms with E-state index in [4.69, 9.17) is 9.40 Å². The summed E-state index contributed by atoms with van der Waals surface area (Å²) >= 11 is 3.54. The van der Waals surface area contributed by atoms with Crippen LogP contribution in [-0.2, 0) is 5.41 Å². The molecule has 1 aromatic carbocycles. The molecule has 1 aromatic heterocycles. The molecule has 19 heavy (non-hydrogen) atoms. The summed E-state index contributed by atoms with van der Waals surface area (Å²) in [6, 6.07) is 6.04. The van der Waals surface area contributed by atoms with Crippen LogP contribution < -0.4 is 5.32 Å². The first-order chi connectivity index (χ1) is 9.25. The monoisotopic (exact) mass is 322 g/mol. The van der Waals surface area contributed by atoms with Gasteiger partial charge in [-0.25, -0.2) is 4.98 Å². The number of nitrogens with zero attached hydrogens (tertiary/aromatic N) is 1. The summed E-state index contributed by atoms with van der Waals surface area (Å²) < 4.78 is 7.10. The van der Waals surface area contributed by atoms with E-state index < -0.39 is 0 Å². The van der Waals surface area contributed by atoms with Crippen molar-refractivity contribution in [1.82, 2.24) is 10.3 Å². The van der Waals surface area contributed by atoms with Crippen LogP contribution in [0.4, 0.5) is 0 Å². The average Bonchev–Trinajstić information content (AvgIpc) is 2.86. The van der Waals surface area contributed by atoms with Gasteiger partial charge in [-0.15, -0.1) is 0 Å². The molecule has 0 aliphatic carbocycles. The normalized spacial score (nSPS) is 18.8. The molecule has 102 valence electrons. The van der Waals surface area contributed by atoms with Crippen LogP contribution in [-0.4, -0.2) is 18.1 Å². The van der Waals surface area contributed by atoms with Crippen LogP contribution in [0.5, 0.6) is 0 Å². The van der Waals surface area contributed by atoms with Crippen LogP contribution in [0, 0.1) is 0 Å². The first kappa shape index (κ1) is 13.1. The van der Waals surface area contributed by atoms with Crippen LogP contribution in [0.1, 0.15) is 38.5 Å². The predicted octanol–water partition coefficient (Wildman–Crippen LogP) is 4.01. The Hall–Kier alpha value is -0.870. The van der Waals surface area contributed by atoms with Crippen LogP contribution in [0.2, 0.25) is 0 Å². The van der Waals surface area contributed by atoms with E-state index in [9.17, 15) is 0 Å². The van der Waals surface area contributed by atoms with Gasteiger partial charge in [0, 0.05) is 5.41 Å². The number of benzene rings is 1. The highest BCUT2D eigenvalue weighted by Crippen LogP contribution is 2.39. The lowest BCUT2D eigenvalue weighted by molar-refractivity contribution is 0.233. The molecule has 0 amide bonds. The number of fused-ring (bicyclic) bond motifs is 1. The fraction of sp³-hybridized carbons (Fsp3) is 0.533. The molecule has 0 radical (unpaired) electrons. The second-order valence-corrected chi connectivity index (χ2v) is 6.24. The Balaban J connectivity index is 2.07. The highest BCUT2D eigenvalue weighted by Gasteiger charge is 2.37. The molecule has 0 atom stereocenters. The molecular formula is C15H19BrN2O. The average molecular weight is 323 g/mol. The fourth-order valence-corrected chi connectivity index (χ4v) is 3.53. The number of piperidine rings is 1. The third kappa shape index (κ3) is 2.32. The Morgan fingerprint density at radius 2 is 2.16 bits per heavy atom. The number of aromatic nitrogens is 1. The highest BCUT2D eigenvalue weighted by atomic mass is 79.9. The van der Waals surface area contributed by atoms with Crippen molar-refractivity contribution >= 4 is 27.0 Å². The van der Waals surface area contributed by atoms with Crippen LogP contribution in [0.15, 0.2) is 27.1 Å². The molecule has 0 bridgehead atoms. The summed E-state index contributed by atoms with van der Waals surface area (Å²) in [7, 11) is 0. The maximum Gasteiger partial charge on any atom is 0.201 e. The molecule has 1 fully saturated rings. The van der Waals surface area contributed by atoms with Crippen molar-refractivity contribution in [2.75, 3.05) is 13.1 Å². The zero-order chi connectivity index (χ0) is 13.3. The van der Waals surface area contributed by atoms with Crippen molar-refractivity contribution in [3.8, 4) is 0 Å². The Bertz CT molecular complexity index is 567. The van der Waals surface area contributed by atoms with Gasteiger partial charge in [0.05, 0.1) is 4.47 Å². The van der Waals surface area contributed by atoms with Gasteiger partial charge in [-0.2, -0.15) is 0 Å². The number of hydrogen-bond acceptors (Lipinski definition) is 3. The van der Waals surface area contributed by atoms with Crippen LogP contribution >= 0.6 is 15.9 Å². The second kappa shape index (κ2) is 5.25. The number of nitrogens with one attached hydrogen (secondary N) is 1. The first-order valence-electron chi connectivity index (χ1n) is 7.01. The van der Waals surface area contributed by atoms with Gasteiger partial charge in [0.25, 0.3) is 0 Å². The predicted molar refractivity (Wildman–Crippen MR) is 80.4 cm³/mol. The highest BCUT2D eigenvalue weighted by molar-refractivity contribution is 9.10. The maximum atomic E-state index is 6.11. The molecule has 1 aliphatic heterocycles. The number of oxazole rings is 1. The van der Waals surface area contributed by atoms with Gasteiger partial charge in [0.2, 0.25) is 5.89 Å². The van der Waals surface area contributed by atoms with Crippen molar-refractivity contribution in [3.05, 3.63) is 28.6 Å².